The minimum absolute atomic E-state index is 0.0553. The number of carbonyl (C=O) groups excluding carboxylic acids is 2. The Kier molecular flexibility index (Phi) is 7.71. The second-order valence-corrected chi connectivity index (χ2v) is 9.74. The van der Waals surface area contributed by atoms with E-state index in [2.05, 4.69) is 11.6 Å². The molecule has 7 nitrogen and oxygen atoms in total. The van der Waals surface area contributed by atoms with E-state index in [0.717, 1.165) is 16.0 Å². The number of carbonyl (C=O) groups is 2. The zero-order valence-electron chi connectivity index (χ0n) is 20.0. The first kappa shape index (κ1) is 25.4. The lowest BCUT2D eigenvalue weighted by atomic mass is 9.96. The van der Waals surface area contributed by atoms with E-state index in [1.54, 1.807) is 53.6 Å². The molecule has 0 saturated heterocycles. The van der Waals surface area contributed by atoms with Crippen LogP contribution in [-0.2, 0) is 14.3 Å². The van der Waals surface area contributed by atoms with Crippen LogP contribution < -0.4 is 14.9 Å². The Morgan fingerprint density at radius 3 is 2.44 bits per heavy atom. The number of thiazole rings is 1. The number of allylic oxidation sites excluding steroid dienone is 1. The SMILES string of the molecule is C=CCOC(=O)C1=C(C)N=c2sc(=Cc3ccc(C(=O)OC)cc3)c(=O)n2C1c1ccc(SC)cc1. The molecule has 0 radical (unpaired) electrons. The lowest BCUT2D eigenvalue weighted by Gasteiger charge is -2.24. The van der Waals surface area contributed by atoms with Gasteiger partial charge in [-0.1, -0.05) is 48.3 Å². The Labute approximate surface area is 216 Å². The Bertz CT molecular complexity index is 1530. The van der Waals surface area contributed by atoms with Crippen LogP contribution in [0.2, 0.25) is 0 Å². The zero-order valence-corrected chi connectivity index (χ0v) is 21.7. The van der Waals surface area contributed by atoms with Crippen LogP contribution in [0, 0.1) is 0 Å². The molecule has 0 amide bonds. The molecule has 36 heavy (non-hydrogen) atoms. The maximum atomic E-state index is 13.6. The van der Waals surface area contributed by atoms with Crippen LogP contribution in [0.3, 0.4) is 0 Å². The monoisotopic (exact) mass is 520 g/mol. The number of nitrogens with zero attached hydrogens (tertiary/aromatic N) is 2. The van der Waals surface area contributed by atoms with Crippen molar-refractivity contribution in [2.75, 3.05) is 20.0 Å². The summed E-state index contributed by atoms with van der Waals surface area (Å²) < 4.78 is 12.1. The number of benzene rings is 2. The smallest absolute Gasteiger partial charge is 0.338 e. The summed E-state index contributed by atoms with van der Waals surface area (Å²) in [5.41, 5.74) is 2.49. The van der Waals surface area contributed by atoms with Crippen molar-refractivity contribution >= 4 is 41.1 Å². The first-order valence-corrected chi connectivity index (χ1v) is 13.0. The van der Waals surface area contributed by atoms with Crippen molar-refractivity contribution in [1.29, 1.82) is 0 Å². The average molecular weight is 521 g/mol. The van der Waals surface area contributed by atoms with E-state index >= 15 is 0 Å². The second-order valence-electron chi connectivity index (χ2n) is 7.86. The van der Waals surface area contributed by atoms with Crippen LogP contribution in [0.4, 0.5) is 0 Å². The Balaban J connectivity index is 1.86. The van der Waals surface area contributed by atoms with Crippen molar-refractivity contribution in [2.45, 2.75) is 17.9 Å². The standard InChI is InChI=1S/C27H24N2O5S2/c1-5-14-34-26(32)22-16(2)28-27-29(23(22)18-10-12-20(35-4)13-11-18)24(30)21(36-27)15-17-6-8-19(9-7-17)25(31)33-3/h5-13,15,23H,1,14H2,2-4H3. The van der Waals surface area contributed by atoms with E-state index in [1.807, 2.05) is 30.5 Å². The number of rotatable bonds is 7. The molecule has 1 aliphatic heterocycles. The molecular formula is C27H24N2O5S2. The largest absolute Gasteiger partial charge is 0.465 e. The van der Waals surface area contributed by atoms with Crippen molar-refractivity contribution in [1.82, 2.24) is 4.57 Å². The van der Waals surface area contributed by atoms with Crippen molar-refractivity contribution < 1.29 is 19.1 Å². The van der Waals surface area contributed by atoms with Crippen LogP contribution in [0.15, 0.2) is 87.1 Å². The van der Waals surface area contributed by atoms with Gasteiger partial charge in [0, 0.05) is 4.90 Å². The third kappa shape index (κ3) is 4.98. The van der Waals surface area contributed by atoms with Gasteiger partial charge in [0.05, 0.1) is 34.5 Å². The van der Waals surface area contributed by atoms with E-state index in [4.69, 9.17) is 9.47 Å². The number of aromatic nitrogens is 1. The number of thioether (sulfide) groups is 1. The van der Waals surface area contributed by atoms with Gasteiger partial charge in [0.2, 0.25) is 0 Å². The molecule has 0 aliphatic carbocycles. The summed E-state index contributed by atoms with van der Waals surface area (Å²) in [6.07, 6.45) is 5.22. The van der Waals surface area contributed by atoms with E-state index in [1.165, 1.54) is 24.5 Å². The minimum Gasteiger partial charge on any atom is -0.465 e. The summed E-state index contributed by atoms with van der Waals surface area (Å²) in [5, 5.41) is 0. The van der Waals surface area contributed by atoms with Crippen molar-refractivity contribution in [2.24, 2.45) is 4.99 Å². The third-order valence-electron chi connectivity index (χ3n) is 5.63. The van der Waals surface area contributed by atoms with Crippen LogP contribution in [0.25, 0.3) is 6.08 Å². The van der Waals surface area contributed by atoms with Gasteiger partial charge in [-0.2, -0.15) is 0 Å². The lowest BCUT2D eigenvalue weighted by Crippen LogP contribution is -2.39. The summed E-state index contributed by atoms with van der Waals surface area (Å²) in [7, 11) is 1.32. The fourth-order valence-corrected chi connectivity index (χ4v) is 5.34. The fraction of sp³-hybridized carbons (Fsp3) is 0.185. The Hall–Kier alpha value is -3.69. The van der Waals surface area contributed by atoms with Gasteiger partial charge in [0.25, 0.3) is 5.56 Å². The number of fused-ring (bicyclic) bond motifs is 1. The highest BCUT2D eigenvalue weighted by atomic mass is 32.2. The van der Waals surface area contributed by atoms with E-state index in [0.29, 0.717) is 26.2 Å². The van der Waals surface area contributed by atoms with Gasteiger partial charge in [0.15, 0.2) is 4.80 Å². The van der Waals surface area contributed by atoms with E-state index in [9.17, 15) is 14.4 Å². The number of esters is 2. The highest BCUT2D eigenvalue weighted by Gasteiger charge is 2.33. The number of hydrogen-bond donors (Lipinski definition) is 0. The Morgan fingerprint density at radius 1 is 1.14 bits per heavy atom. The molecule has 184 valence electrons. The molecule has 1 atom stereocenters. The van der Waals surface area contributed by atoms with Crippen LogP contribution in [0.5, 0.6) is 0 Å². The molecule has 9 heteroatoms. The number of hydrogen-bond acceptors (Lipinski definition) is 8. The van der Waals surface area contributed by atoms with Gasteiger partial charge >= 0.3 is 11.9 Å². The first-order chi connectivity index (χ1) is 17.4. The van der Waals surface area contributed by atoms with E-state index in [-0.39, 0.29) is 12.2 Å². The summed E-state index contributed by atoms with van der Waals surface area (Å²) in [5.74, 6) is -0.970. The zero-order chi connectivity index (χ0) is 25.8. The van der Waals surface area contributed by atoms with Gasteiger partial charge in [-0.25, -0.2) is 14.6 Å². The van der Waals surface area contributed by atoms with Crippen molar-refractivity contribution in [3.05, 3.63) is 109 Å². The van der Waals surface area contributed by atoms with Crippen molar-refractivity contribution in [3.8, 4) is 0 Å². The molecule has 1 aromatic heterocycles. The molecule has 0 bridgehead atoms. The molecule has 0 saturated carbocycles. The second kappa shape index (κ2) is 10.9. The first-order valence-electron chi connectivity index (χ1n) is 11.0. The maximum Gasteiger partial charge on any atom is 0.338 e. The van der Waals surface area contributed by atoms with Gasteiger partial charge in [-0.15, -0.1) is 11.8 Å². The summed E-state index contributed by atoms with van der Waals surface area (Å²) >= 11 is 2.85. The highest BCUT2D eigenvalue weighted by molar-refractivity contribution is 7.98. The molecule has 0 fully saturated rings. The molecule has 4 rings (SSSR count). The number of methoxy groups -OCH3 is 1. The quantitative estimate of drug-likeness (QED) is 0.269. The molecule has 2 heterocycles. The molecule has 2 aromatic carbocycles. The fourth-order valence-electron chi connectivity index (χ4n) is 3.88. The molecule has 0 spiro atoms. The molecule has 0 N–H and O–H groups in total. The third-order valence-corrected chi connectivity index (χ3v) is 7.36. The lowest BCUT2D eigenvalue weighted by molar-refractivity contribution is -0.138. The predicted octanol–water partition coefficient (Wildman–Crippen LogP) is 3.47. The van der Waals surface area contributed by atoms with Gasteiger partial charge < -0.3 is 9.47 Å². The molecular weight excluding hydrogens is 496 g/mol. The van der Waals surface area contributed by atoms with Crippen molar-refractivity contribution in [3.63, 3.8) is 0 Å². The highest BCUT2D eigenvalue weighted by Crippen LogP contribution is 2.31. The minimum atomic E-state index is -0.682. The predicted molar refractivity (Wildman–Crippen MR) is 141 cm³/mol. The topological polar surface area (TPSA) is 87.0 Å². The summed E-state index contributed by atoms with van der Waals surface area (Å²) in [4.78, 5) is 44.6. The van der Waals surface area contributed by atoms with Crippen LogP contribution >= 0.6 is 23.1 Å². The molecule has 1 aliphatic rings. The van der Waals surface area contributed by atoms with Crippen LogP contribution in [0.1, 0.15) is 34.5 Å². The van der Waals surface area contributed by atoms with Gasteiger partial charge in [-0.05, 0) is 54.6 Å². The molecule has 3 aromatic rings. The van der Waals surface area contributed by atoms with Gasteiger partial charge in [0.1, 0.15) is 6.61 Å². The maximum absolute atomic E-state index is 13.6. The average Bonchev–Trinajstić information content (AvgIpc) is 3.20. The van der Waals surface area contributed by atoms with Gasteiger partial charge in [-0.3, -0.25) is 9.36 Å². The van der Waals surface area contributed by atoms with E-state index < -0.39 is 18.0 Å². The summed E-state index contributed by atoms with van der Waals surface area (Å²) in [6.45, 7) is 5.41. The summed E-state index contributed by atoms with van der Waals surface area (Å²) in [6, 6.07) is 13.8. The normalized spacial score (nSPS) is 15.2. The number of ether oxygens (including phenoxy) is 2. The van der Waals surface area contributed by atoms with Crippen LogP contribution in [-0.4, -0.2) is 36.5 Å². The Morgan fingerprint density at radius 2 is 1.83 bits per heavy atom. The molecule has 1 unspecified atom stereocenters.